The molecule has 0 spiro atoms. The van der Waals surface area contributed by atoms with E-state index in [4.69, 9.17) is 17.3 Å². The molecule has 0 saturated carbocycles. The molecule has 0 amide bonds. The molecule has 2 heteroatoms. The lowest BCUT2D eigenvalue weighted by atomic mass is 9.92. The maximum absolute atomic E-state index is 6.39. The molecule has 0 aliphatic rings. The maximum Gasteiger partial charge on any atom is 0.0554 e. The van der Waals surface area contributed by atoms with Crippen molar-refractivity contribution in [1.82, 2.24) is 0 Å². The van der Waals surface area contributed by atoms with Crippen molar-refractivity contribution in [3.63, 3.8) is 0 Å². The second kappa shape index (κ2) is 6.43. The van der Waals surface area contributed by atoms with E-state index in [0.29, 0.717) is 5.92 Å². The average Bonchev–Trinajstić information content (AvgIpc) is 2.48. The minimum Gasteiger partial charge on any atom is -0.320 e. The SMILES string of the molecule is CCC(C)c1ccc(C(N)c2cccc(Cl)c2C)cc1. The molecule has 0 aliphatic carbocycles. The van der Waals surface area contributed by atoms with Gasteiger partial charge in [-0.15, -0.1) is 0 Å². The van der Waals surface area contributed by atoms with Crippen LogP contribution in [0.1, 0.15) is 54.5 Å². The van der Waals surface area contributed by atoms with Gasteiger partial charge in [0.25, 0.3) is 0 Å². The highest BCUT2D eigenvalue weighted by Gasteiger charge is 2.13. The quantitative estimate of drug-likeness (QED) is 0.821. The lowest BCUT2D eigenvalue weighted by Gasteiger charge is -2.17. The van der Waals surface area contributed by atoms with Gasteiger partial charge in [0.15, 0.2) is 0 Å². The summed E-state index contributed by atoms with van der Waals surface area (Å²) in [6.07, 6.45) is 1.15. The van der Waals surface area contributed by atoms with Crippen molar-refractivity contribution in [3.05, 3.63) is 69.7 Å². The second-order valence-corrected chi connectivity index (χ2v) is 5.81. The Morgan fingerprint density at radius 1 is 1.05 bits per heavy atom. The zero-order valence-corrected chi connectivity index (χ0v) is 13.1. The van der Waals surface area contributed by atoms with E-state index in [0.717, 1.165) is 28.1 Å². The Bertz CT molecular complexity index is 574. The van der Waals surface area contributed by atoms with Crippen LogP contribution in [0.4, 0.5) is 0 Å². The molecule has 0 saturated heterocycles. The molecule has 0 radical (unpaired) electrons. The Labute approximate surface area is 126 Å². The lowest BCUT2D eigenvalue weighted by molar-refractivity contribution is 0.732. The molecule has 2 aromatic rings. The fraction of sp³-hybridized carbons (Fsp3) is 0.333. The summed E-state index contributed by atoms with van der Waals surface area (Å²) >= 11 is 6.18. The van der Waals surface area contributed by atoms with Crippen molar-refractivity contribution in [2.75, 3.05) is 0 Å². The molecule has 0 heterocycles. The normalized spacial score (nSPS) is 14.1. The summed E-state index contributed by atoms with van der Waals surface area (Å²) in [6.45, 7) is 6.47. The Morgan fingerprint density at radius 3 is 2.25 bits per heavy atom. The zero-order chi connectivity index (χ0) is 14.7. The van der Waals surface area contributed by atoms with Gasteiger partial charge in [-0.2, -0.15) is 0 Å². The number of nitrogens with two attached hydrogens (primary N) is 1. The zero-order valence-electron chi connectivity index (χ0n) is 12.4. The Hall–Kier alpha value is -1.31. The number of halogens is 1. The van der Waals surface area contributed by atoms with Crippen LogP contribution in [0.2, 0.25) is 5.02 Å². The van der Waals surface area contributed by atoms with Crippen molar-refractivity contribution in [2.24, 2.45) is 5.73 Å². The van der Waals surface area contributed by atoms with Crippen LogP contribution in [-0.4, -0.2) is 0 Å². The molecule has 20 heavy (non-hydrogen) atoms. The van der Waals surface area contributed by atoms with Crippen molar-refractivity contribution >= 4 is 11.6 Å². The first kappa shape index (κ1) is 15.1. The van der Waals surface area contributed by atoms with E-state index in [-0.39, 0.29) is 6.04 Å². The van der Waals surface area contributed by atoms with Gasteiger partial charge in [0.2, 0.25) is 0 Å². The average molecular weight is 288 g/mol. The van der Waals surface area contributed by atoms with Gasteiger partial charge >= 0.3 is 0 Å². The second-order valence-electron chi connectivity index (χ2n) is 5.41. The van der Waals surface area contributed by atoms with Crippen molar-refractivity contribution in [1.29, 1.82) is 0 Å². The molecule has 0 aliphatic heterocycles. The lowest BCUT2D eigenvalue weighted by Crippen LogP contribution is -2.13. The van der Waals surface area contributed by atoms with Gasteiger partial charge in [-0.05, 0) is 47.6 Å². The standard InChI is InChI=1S/C18H22ClN/c1-4-12(2)14-8-10-15(11-9-14)18(20)16-6-5-7-17(19)13(16)3/h5-12,18H,4,20H2,1-3H3. The van der Waals surface area contributed by atoms with Gasteiger partial charge in [0, 0.05) is 5.02 Å². The van der Waals surface area contributed by atoms with Crippen molar-refractivity contribution < 1.29 is 0 Å². The van der Waals surface area contributed by atoms with Gasteiger partial charge in [-0.3, -0.25) is 0 Å². The van der Waals surface area contributed by atoms with Gasteiger partial charge in [0.05, 0.1) is 6.04 Å². The number of rotatable bonds is 4. The molecule has 0 aromatic heterocycles. The first-order chi connectivity index (χ1) is 9.54. The number of hydrogen-bond donors (Lipinski definition) is 1. The van der Waals surface area contributed by atoms with Crippen LogP contribution in [-0.2, 0) is 0 Å². The highest BCUT2D eigenvalue weighted by atomic mass is 35.5. The molecule has 2 rings (SSSR count). The fourth-order valence-corrected chi connectivity index (χ4v) is 2.59. The van der Waals surface area contributed by atoms with Gasteiger partial charge < -0.3 is 5.73 Å². The van der Waals surface area contributed by atoms with E-state index in [1.807, 2.05) is 19.1 Å². The summed E-state index contributed by atoms with van der Waals surface area (Å²) in [5.41, 5.74) is 11.0. The molecule has 106 valence electrons. The predicted octanol–water partition coefficient (Wildman–Crippen LogP) is 5.21. The van der Waals surface area contributed by atoms with Gasteiger partial charge in [0.1, 0.15) is 0 Å². The monoisotopic (exact) mass is 287 g/mol. The minimum atomic E-state index is -0.125. The first-order valence-corrected chi connectivity index (χ1v) is 7.52. The summed E-state index contributed by atoms with van der Waals surface area (Å²) in [5, 5.41) is 0.772. The van der Waals surface area contributed by atoms with E-state index in [1.165, 1.54) is 5.56 Å². The number of hydrogen-bond acceptors (Lipinski definition) is 1. The van der Waals surface area contributed by atoms with Crippen LogP contribution >= 0.6 is 11.6 Å². The van der Waals surface area contributed by atoms with Crippen LogP contribution in [0.3, 0.4) is 0 Å². The summed E-state index contributed by atoms with van der Waals surface area (Å²) in [4.78, 5) is 0. The van der Waals surface area contributed by atoms with E-state index < -0.39 is 0 Å². The minimum absolute atomic E-state index is 0.125. The van der Waals surface area contributed by atoms with Crippen LogP contribution in [0.15, 0.2) is 42.5 Å². The van der Waals surface area contributed by atoms with E-state index in [9.17, 15) is 0 Å². The van der Waals surface area contributed by atoms with E-state index in [2.05, 4.69) is 44.2 Å². The highest BCUT2D eigenvalue weighted by Crippen LogP contribution is 2.28. The smallest absolute Gasteiger partial charge is 0.0554 e. The molecule has 0 bridgehead atoms. The molecule has 0 fully saturated rings. The molecule has 2 unspecified atom stereocenters. The first-order valence-electron chi connectivity index (χ1n) is 7.15. The molecular formula is C18H22ClN. The Kier molecular flexibility index (Phi) is 4.85. The van der Waals surface area contributed by atoms with Gasteiger partial charge in [-0.1, -0.05) is 61.8 Å². The van der Waals surface area contributed by atoms with E-state index in [1.54, 1.807) is 0 Å². The third-order valence-electron chi connectivity index (χ3n) is 4.12. The Morgan fingerprint density at radius 2 is 1.65 bits per heavy atom. The fourth-order valence-electron chi connectivity index (χ4n) is 2.41. The largest absolute Gasteiger partial charge is 0.320 e. The molecular weight excluding hydrogens is 266 g/mol. The summed E-state index contributed by atoms with van der Waals surface area (Å²) in [6, 6.07) is 14.4. The summed E-state index contributed by atoms with van der Waals surface area (Å²) in [5.74, 6) is 0.591. The van der Waals surface area contributed by atoms with Gasteiger partial charge in [-0.25, -0.2) is 0 Å². The molecule has 2 atom stereocenters. The molecule has 1 nitrogen and oxygen atoms in total. The van der Waals surface area contributed by atoms with Crippen molar-refractivity contribution in [3.8, 4) is 0 Å². The summed E-state index contributed by atoms with van der Waals surface area (Å²) in [7, 11) is 0. The highest BCUT2D eigenvalue weighted by molar-refractivity contribution is 6.31. The van der Waals surface area contributed by atoms with Crippen LogP contribution < -0.4 is 5.73 Å². The van der Waals surface area contributed by atoms with Crippen LogP contribution in [0.25, 0.3) is 0 Å². The van der Waals surface area contributed by atoms with Crippen LogP contribution in [0, 0.1) is 6.92 Å². The predicted molar refractivity (Wildman–Crippen MR) is 87.4 cm³/mol. The van der Waals surface area contributed by atoms with Crippen LogP contribution in [0.5, 0.6) is 0 Å². The third kappa shape index (κ3) is 3.05. The van der Waals surface area contributed by atoms with E-state index >= 15 is 0 Å². The maximum atomic E-state index is 6.39. The Balaban J connectivity index is 2.29. The van der Waals surface area contributed by atoms with Crippen molar-refractivity contribution in [2.45, 2.75) is 39.2 Å². The third-order valence-corrected chi connectivity index (χ3v) is 4.53. The molecule has 2 aromatic carbocycles. The molecule has 2 N–H and O–H groups in total. The number of benzene rings is 2. The topological polar surface area (TPSA) is 26.0 Å². The summed E-state index contributed by atoms with van der Waals surface area (Å²) < 4.78 is 0.